The topological polar surface area (TPSA) is 19.0 Å². The van der Waals surface area contributed by atoms with Crippen LogP contribution in [0.4, 0.5) is 0 Å². The van der Waals surface area contributed by atoms with Crippen LogP contribution in [0.3, 0.4) is 0 Å². The third-order valence-electron chi connectivity index (χ3n) is 4.01. The highest BCUT2D eigenvalue weighted by Crippen LogP contribution is 2.20. The minimum Gasteiger partial charge on any atom is -0.357 e. The van der Waals surface area contributed by atoms with E-state index in [9.17, 15) is 0 Å². The fourth-order valence-corrected chi connectivity index (χ4v) is 2.99. The predicted molar refractivity (Wildman–Crippen MR) is 76.8 cm³/mol. The zero-order valence-corrected chi connectivity index (χ0v) is 11.2. The van der Waals surface area contributed by atoms with Gasteiger partial charge in [-0.2, -0.15) is 0 Å². The zero-order valence-electron chi connectivity index (χ0n) is 11.2. The third kappa shape index (κ3) is 2.44. The van der Waals surface area contributed by atoms with E-state index in [2.05, 4.69) is 41.1 Å². The van der Waals surface area contributed by atoms with Crippen LogP contribution in [-0.4, -0.2) is 23.0 Å². The standard InChI is InChI=1S/C16H22N2/c1-13-7-6-8-14-11-15(17-16(13)14)12-18-9-4-2-3-5-10-18/h6-8,11,17H,2-5,9-10,12H2,1H3. The Kier molecular flexibility index (Phi) is 3.37. The molecule has 2 aromatic rings. The summed E-state index contributed by atoms with van der Waals surface area (Å²) in [7, 11) is 0. The third-order valence-corrected chi connectivity index (χ3v) is 4.01. The van der Waals surface area contributed by atoms with Crippen molar-refractivity contribution in [1.29, 1.82) is 0 Å². The van der Waals surface area contributed by atoms with Crippen molar-refractivity contribution in [2.45, 2.75) is 39.2 Å². The van der Waals surface area contributed by atoms with Gasteiger partial charge in [0.2, 0.25) is 0 Å². The maximum Gasteiger partial charge on any atom is 0.0486 e. The highest BCUT2D eigenvalue weighted by molar-refractivity contribution is 5.83. The van der Waals surface area contributed by atoms with Crippen molar-refractivity contribution < 1.29 is 0 Å². The summed E-state index contributed by atoms with van der Waals surface area (Å²) in [5, 5.41) is 1.35. The molecule has 0 bridgehead atoms. The van der Waals surface area contributed by atoms with E-state index < -0.39 is 0 Å². The number of fused-ring (bicyclic) bond motifs is 1. The lowest BCUT2D eigenvalue weighted by atomic mass is 10.2. The number of nitrogens with zero attached hydrogens (tertiary/aromatic N) is 1. The smallest absolute Gasteiger partial charge is 0.0486 e. The summed E-state index contributed by atoms with van der Waals surface area (Å²) in [4.78, 5) is 6.18. The quantitative estimate of drug-likeness (QED) is 0.847. The Balaban J connectivity index is 1.79. The molecule has 18 heavy (non-hydrogen) atoms. The highest BCUT2D eigenvalue weighted by atomic mass is 15.1. The van der Waals surface area contributed by atoms with Gasteiger partial charge in [0.05, 0.1) is 0 Å². The number of rotatable bonds is 2. The number of hydrogen-bond acceptors (Lipinski definition) is 1. The van der Waals surface area contributed by atoms with E-state index >= 15 is 0 Å². The summed E-state index contributed by atoms with van der Waals surface area (Å²) in [6.07, 6.45) is 5.53. The summed E-state index contributed by atoms with van der Waals surface area (Å²) in [5.74, 6) is 0. The van der Waals surface area contributed by atoms with E-state index in [-0.39, 0.29) is 0 Å². The molecule has 1 N–H and O–H groups in total. The molecule has 0 radical (unpaired) electrons. The average Bonchev–Trinajstić information content (AvgIpc) is 2.60. The lowest BCUT2D eigenvalue weighted by Crippen LogP contribution is -2.24. The molecular formula is C16H22N2. The molecule has 3 rings (SSSR count). The second-order valence-electron chi connectivity index (χ2n) is 5.52. The number of aryl methyl sites for hydroxylation is 1. The van der Waals surface area contributed by atoms with E-state index in [0.717, 1.165) is 6.54 Å². The summed E-state index contributed by atoms with van der Waals surface area (Å²) in [5.41, 5.74) is 4.01. The van der Waals surface area contributed by atoms with Crippen LogP contribution in [0.25, 0.3) is 10.9 Å². The lowest BCUT2D eigenvalue weighted by molar-refractivity contribution is 0.274. The Morgan fingerprint density at radius 3 is 2.61 bits per heavy atom. The van der Waals surface area contributed by atoms with Crippen molar-refractivity contribution in [3.63, 3.8) is 0 Å². The van der Waals surface area contributed by atoms with E-state index in [1.165, 1.54) is 60.9 Å². The molecule has 0 aliphatic carbocycles. The molecule has 2 nitrogen and oxygen atoms in total. The van der Waals surface area contributed by atoms with E-state index in [1.54, 1.807) is 0 Å². The molecule has 1 aromatic carbocycles. The molecular weight excluding hydrogens is 220 g/mol. The number of aromatic nitrogens is 1. The Bertz CT molecular complexity index is 519. The first-order valence-corrected chi connectivity index (χ1v) is 7.12. The fourth-order valence-electron chi connectivity index (χ4n) is 2.99. The molecule has 1 aliphatic heterocycles. The Hall–Kier alpha value is -1.28. The number of aromatic amines is 1. The van der Waals surface area contributed by atoms with Crippen LogP contribution in [0.5, 0.6) is 0 Å². The second kappa shape index (κ2) is 5.15. The molecule has 0 spiro atoms. The van der Waals surface area contributed by atoms with Crippen LogP contribution in [0.15, 0.2) is 24.3 Å². The number of hydrogen-bond donors (Lipinski definition) is 1. The largest absolute Gasteiger partial charge is 0.357 e. The highest BCUT2D eigenvalue weighted by Gasteiger charge is 2.11. The van der Waals surface area contributed by atoms with Gasteiger partial charge < -0.3 is 4.98 Å². The molecule has 1 fully saturated rings. The molecule has 2 heterocycles. The van der Waals surface area contributed by atoms with Crippen LogP contribution in [0.2, 0.25) is 0 Å². The summed E-state index contributed by atoms with van der Waals surface area (Å²) < 4.78 is 0. The molecule has 0 amide bonds. The summed E-state index contributed by atoms with van der Waals surface area (Å²) >= 11 is 0. The van der Waals surface area contributed by atoms with E-state index in [4.69, 9.17) is 0 Å². The molecule has 96 valence electrons. The average molecular weight is 242 g/mol. The summed E-state index contributed by atoms with van der Waals surface area (Å²) in [6.45, 7) is 5.77. The van der Waals surface area contributed by atoms with Gasteiger partial charge in [-0.05, 0) is 49.9 Å². The van der Waals surface area contributed by atoms with Crippen molar-refractivity contribution >= 4 is 10.9 Å². The number of nitrogens with one attached hydrogen (secondary N) is 1. The van der Waals surface area contributed by atoms with Crippen molar-refractivity contribution in [2.75, 3.05) is 13.1 Å². The normalized spacial score (nSPS) is 18.1. The Morgan fingerprint density at radius 2 is 1.89 bits per heavy atom. The molecule has 1 aromatic heterocycles. The van der Waals surface area contributed by atoms with Crippen molar-refractivity contribution in [3.8, 4) is 0 Å². The van der Waals surface area contributed by atoms with Crippen LogP contribution < -0.4 is 0 Å². The first kappa shape index (κ1) is 11.8. The first-order valence-electron chi connectivity index (χ1n) is 7.12. The molecule has 0 atom stereocenters. The minimum absolute atomic E-state index is 1.08. The maximum absolute atomic E-state index is 3.59. The van der Waals surface area contributed by atoms with Gasteiger partial charge in [0.25, 0.3) is 0 Å². The second-order valence-corrected chi connectivity index (χ2v) is 5.52. The van der Waals surface area contributed by atoms with E-state index in [0.29, 0.717) is 0 Å². The van der Waals surface area contributed by atoms with Gasteiger partial charge >= 0.3 is 0 Å². The van der Waals surface area contributed by atoms with Crippen molar-refractivity contribution in [3.05, 3.63) is 35.5 Å². The number of benzene rings is 1. The van der Waals surface area contributed by atoms with Crippen LogP contribution in [0, 0.1) is 6.92 Å². The number of H-pyrrole nitrogens is 1. The molecule has 0 unspecified atom stereocenters. The van der Waals surface area contributed by atoms with Gasteiger partial charge in [-0.15, -0.1) is 0 Å². The molecule has 1 aliphatic rings. The fraction of sp³-hybridized carbons (Fsp3) is 0.500. The van der Waals surface area contributed by atoms with Crippen molar-refractivity contribution in [2.24, 2.45) is 0 Å². The predicted octanol–water partition coefficient (Wildman–Crippen LogP) is 3.85. The van der Waals surface area contributed by atoms with Gasteiger partial charge in [-0.1, -0.05) is 31.0 Å². The van der Waals surface area contributed by atoms with Gasteiger partial charge in [-0.3, -0.25) is 4.90 Å². The van der Waals surface area contributed by atoms with Crippen molar-refractivity contribution in [1.82, 2.24) is 9.88 Å². The SMILES string of the molecule is Cc1cccc2cc(CN3CCCCCC3)[nH]c12. The van der Waals surface area contributed by atoms with Gasteiger partial charge in [0.15, 0.2) is 0 Å². The number of likely N-dealkylation sites (tertiary alicyclic amines) is 1. The Morgan fingerprint density at radius 1 is 1.11 bits per heavy atom. The van der Waals surface area contributed by atoms with Gasteiger partial charge in [-0.25, -0.2) is 0 Å². The van der Waals surface area contributed by atoms with Crippen LogP contribution in [-0.2, 0) is 6.54 Å². The Labute approximate surface area is 109 Å². The monoisotopic (exact) mass is 242 g/mol. The van der Waals surface area contributed by atoms with Crippen LogP contribution in [0.1, 0.15) is 36.9 Å². The first-order chi connectivity index (χ1) is 8.83. The zero-order chi connectivity index (χ0) is 12.4. The lowest BCUT2D eigenvalue weighted by Gasteiger charge is -2.18. The molecule has 0 saturated carbocycles. The molecule has 1 saturated heterocycles. The van der Waals surface area contributed by atoms with Gasteiger partial charge in [0, 0.05) is 17.8 Å². The van der Waals surface area contributed by atoms with E-state index in [1.807, 2.05) is 0 Å². The maximum atomic E-state index is 3.59. The van der Waals surface area contributed by atoms with Gasteiger partial charge in [0.1, 0.15) is 0 Å². The summed E-state index contributed by atoms with van der Waals surface area (Å²) in [6, 6.07) is 8.83. The minimum atomic E-state index is 1.08. The van der Waals surface area contributed by atoms with Crippen LogP contribution >= 0.6 is 0 Å². The molecule has 2 heteroatoms. The number of para-hydroxylation sites is 1.